The van der Waals surface area contributed by atoms with Gasteiger partial charge in [0.1, 0.15) is 0 Å². The number of benzene rings is 1. The van der Waals surface area contributed by atoms with Crippen molar-refractivity contribution in [1.29, 1.82) is 0 Å². The molecule has 0 atom stereocenters. The van der Waals surface area contributed by atoms with E-state index in [9.17, 15) is 18.5 Å². The van der Waals surface area contributed by atoms with E-state index in [2.05, 4.69) is 4.72 Å². The Kier molecular flexibility index (Phi) is 5.82. The number of hydrogen-bond acceptors (Lipinski definition) is 5. The first kappa shape index (κ1) is 17.5. The van der Waals surface area contributed by atoms with Crippen molar-refractivity contribution in [3.63, 3.8) is 0 Å². The van der Waals surface area contributed by atoms with Crippen LogP contribution in [-0.4, -0.2) is 31.6 Å². The van der Waals surface area contributed by atoms with Gasteiger partial charge in [-0.15, -0.1) is 0 Å². The SMILES string of the molecule is CC(C)(CCO)CNS(=O)(=O)Cc1ccc([N+](=O)[O-])cc1. The highest BCUT2D eigenvalue weighted by Gasteiger charge is 2.21. The van der Waals surface area contributed by atoms with Gasteiger partial charge < -0.3 is 5.11 Å². The van der Waals surface area contributed by atoms with Gasteiger partial charge in [0, 0.05) is 25.3 Å². The Morgan fingerprint density at radius 2 is 1.86 bits per heavy atom. The summed E-state index contributed by atoms with van der Waals surface area (Å²) in [7, 11) is -3.52. The lowest BCUT2D eigenvalue weighted by Gasteiger charge is -2.23. The maximum absolute atomic E-state index is 12.0. The van der Waals surface area contributed by atoms with E-state index < -0.39 is 14.9 Å². The van der Waals surface area contributed by atoms with E-state index in [0.717, 1.165) is 0 Å². The van der Waals surface area contributed by atoms with Crippen LogP contribution in [0.3, 0.4) is 0 Å². The molecule has 0 heterocycles. The summed E-state index contributed by atoms with van der Waals surface area (Å²) >= 11 is 0. The molecule has 0 aliphatic carbocycles. The fourth-order valence-electron chi connectivity index (χ4n) is 1.68. The van der Waals surface area contributed by atoms with Crippen LogP contribution >= 0.6 is 0 Å². The van der Waals surface area contributed by atoms with Crippen LogP contribution in [0.5, 0.6) is 0 Å². The van der Waals surface area contributed by atoms with Crippen LogP contribution in [0.4, 0.5) is 5.69 Å². The van der Waals surface area contributed by atoms with Crippen molar-refractivity contribution >= 4 is 15.7 Å². The highest BCUT2D eigenvalue weighted by Crippen LogP contribution is 2.19. The van der Waals surface area contributed by atoms with Crippen LogP contribution < -0.4 is 4.72 Å². The Hall–Kier alpha value is -1.51. The molecule has 7 nitrogen and oxygen atoms in total. The van der Waals surface area contributed by atoms with Crippen molar-refractivity contribution in [2.24, 2.45) is 5.41 Å². The lowest BCUT2D eigenvalue weighted by Crippen LogP contribution is -2.35. The summed E-state index contributed by atoms with van der Waals surface area (Å²) in [6, 6.07) is 5.41. The van der Waals surface area contributed by atoms with E-state index in [1.807, 2.05) is 13.8 Å². The van der Waals surface area contributed by atoms with Gasteiger partial charge in [-0.25, -0.2) is 13.1 Å². The Labute approximate surface area is 124 Å². The molecule has 0 aromatic heterocycles. The van der Waals surface area contributed by atoms with Crippen molar-refractivity contribution in [3.05, 3.63) is 39.9 Å². The van der Waals surface area contributed by atoms with Crippen LogP contribution in [0, 0.1) is 15.5 Å². The number of nitrogens with one attached hydrogen (secondary N) is 1. The summed E-state index contributed by atoms with van der Waals surface area (Å²) in [5, 5.41) is 19.4. The molecular weight excluding hydrogens is 296 g/mol. The molecule has 0 amide bonds. The van der Waals surface area contributed by atoms with Gasteiger partial charge in [0.15, 0.2) is 0 Å². The predicted molar refractivity (Wildman–Crippen MR) is 79.2 cm³/mol. The van der Waals surface area contributed by atoms with Crippen LogP contribution in [0.25, 0.3) is 0 Å². The average Bonchev–Trinajstić information content (AvgIpc) is 2.37. The molecule has 0 aliphatic heterocycles. The van der Waals surface area contributed by atoms with Gasteiger partial charge in [-0.3, -0.25) is 10.1 Å². The second-order valence-corrected chi connectivity index (χ2v) is 7.45. The molecule has 2 N–H and O–H groups in total. The zero-order valence-electron chi connectivity index (χ0n) is 12.1. The summed E-state index contributed by atoms with van der Waals surface area (Å²) in [5.74, 6) is -0.236. The predicted octanol–water partition coefficient (Wildman–Crippen LogP) is 1.42. The molecular formula is C13H20N2O5S. The van der Waals surface area contributed by atoms with E-state index in [0.29, 0.717) is 12.0 Å². The van der Waals surface area contributed by atoms with Gasteiger partial charge in [-0.05, 0) is 17.4 Å². The number of aliphatic hydroxyl groups excluding tert-OH is 1. The summed E-state index contributed by atoms with van der Waals surface area (Å²) in [6.07, 6.45) is 0.493. The van der Waals surface area contributed by atoms with Gasteiger partial charge in [-0.2, -0.15) is 0 Å². The number of sulfonamides is 1. The molecule has 1 rings (SSSR count). The quantitative estimate of drug-likeness (QED) is 0.557. The van der Waals surface area contributed by atoms with E-state index in [1.54, 1.807) is 0 Å². The number of nitro groups is 1. The zero-order valence-corrected chi connectivity index (χ0v) is 12.9. The zero-order chi connectivity index (χ0) is 16.1. The van der Waals surface area contributed by atoms with E-state index >= 15 is 0 Å². The molecule has 0 saturated heterocycles. The number of non-ortho nitro benzene ring substituents is 1. The molecule has 0 aliphatic rings. The Morgan fingerprint density at radius 1 is 1.29 bits per heavy atom. The smallest absolute Gasteiger partial charge is 0.269 e. The summed E-state index contributed by atoms with van der Waals surface area (Å²) < 4.78 is 26.4. The number of nitro benzene ring substituents is 1. The summed E-state index contributed by atoms with van der Waals surface area (Å²) in [4.78, 5) is 9.99. The third-order valence-corrected chi connectivity index (χ3v) is 4.36. The Balaban J connectivity index is 2.66. The first-order chi connectivity index (χ1) is 9.65. The number of hydrogen-bond donors (Lipinski definition) is 2. The fraction of sp³-hybridized carbons (Fsp3) is 0.538. The topological polar surface area (TPSA) is 110 Å². The molecule has 8 heteroatoms. The third-order valence-electron chi connectivity index (χ3n) is 3.06. The van der Waals surface area contributed by atoms with Crippen LogP contribution in [-0.2, 0) is 15.8 Å². The lowest BCUT2D eigenvalue weighted by atomic mass is 9.90. The maximum Gasteiger partial charge on any atom is 0.269 e. The highest BCUT2D eigenvalue weighted by atomic mass is 32.2. The number of nitrogens with zero attached hydrogens (tertiary/aromatic N) is 1. The van der Waals surface area contributed by atoms with Crippen LogP contribution in [0.2, 0.25) is 0 Å². The van der Waals surface area contributed by atoms with Gasteiger partial charge in [0.25, 0.3) is 5.69 Å². The van der Waals surface area contributed by atoms with Crippen molar-refractivity contribution in [3.8, 4) is 0 Å². The minimum absolute atomic E-state index is 0.00290. The normalized spacial score (nSPS) is 12.3. The van der Waals surface area contributed by atoms with Gasteiger partial charge >= 0.3 is 0 Å². The van der Waals surface area contributed by atoms with Crippen molar-refractivity contribution in [2.75, 3.05) is 13.2 Å². The van der Waals surface area contributed by atoms with Crippen LogP contribution in [0.15, 0.2) is 24.3 Å². The second kappa shape index (κ2) is 6.97. The lowest BCUT2D eigenvalue weighted by molar-refractivity contribution is -0.384. The summed E-state index contributed by atoms with van der Waals surface area (Å²) in [5.41, 5.74) is 0.0679. The first-order valence-corrected chi connectivity index (χ1v) is 8.12. The molecule has 0 saturated carbocycles. The highest BCUT2D eigenvalue weighted by molar-refractivity contribution is 7.88. The average molecular weight is 316 g/mol. The third kappa shape index (κ3) is 6.19. The van der Waals surface area contributed by atoms with Gasteiger partial charge in [-0.1, -0.05) is 26.0 Å². The van der Waals surface area contributed by atoms with Crippen LogP contribution in [0.1, 0.15) is 25.8 Å². The molecule has 118 valence electrons. The van der Waals surface area contributed by atoms with Crippen molar-refractivity contribution in [2.45, 2.75) is 26.0 Å². The number of rotatable bonds is 8. The largest absolute Gasteiger partial charge is 0.396 e. The van der Waals surface area contributed by atoms with E-state index in [-0.39, 0.29) is 30.0 Å². The van der Waals surface area contributed by atoms with Crippen molar-refractivity contribution < 1.29 is 18.4 Å². The summed E-state index contributed by atoms with van der Waals surface area (Å²) in [6.45, 7) is 3.94. The minimum atomic E-state index is -3.52. The molecule has 0 radical (unpaired) electrons. The maximum atomic E-state index is 12.0. The molecule has 1 aromatic rings. The molecule has 21 heavy (non-hydrogen) atoms. The van der Waals surface area contributed by atoms with Crippen molar-refractivity contribution in [1.82, 2.24) is 4.72 Å². The molecule has 0 spiro atoms. The van der Waals surface area contributed by atoms with Gasteiger partial charge in [0.2, 0.25) is 10.0 Å². The van der Waals surface area contributed by atoms with E-state index in [1.165, 1.54) is 24.3 Å². The standard InChI is InChI=1S/C13H20N2O5S/c1-13(2,7-8-16)10-14-21(19,20)9-11-3-5-12(6-4-11)15(17)18/h3-6,14,16H,7-10H2,1-2H3. The fourth-order valence-corrected chi connectivity index (χ4v) is 3.02. The Bertz CT molecular complexity index is 581. The second-order valence-electron chi connectivity index (χ2n) is 5.64. The van der Waals surface area contributed by atoms with E-state index in [4.69, 9.17) is 5.11 Å². The molecule has 1 aromatic carbocycles. The first-order valence-electron chi connectivity index (χ1n) is 6.47. The molecule has 0 unspecified atom stereocenters. The Morgan fingerprint density at radius 3 is 2.33 bits per heavy atom. The van der Waals surface area contributed by atoms with Gasteiger partial charge in [0.05, 0.1) is 10.7 Å². The number of aliphatic hydroxyl groups is 1. The monoisotopic (exact) mass is 316 g/mol. The molecule has 0 bridgehead atoms. The minimum Gasteiger partial charge on any atom is -0.396 e. The molecule has 0 fully saturated rings.